The Morgan fingerprint density at radius 2 is 2.17 bits per heavy atom. The molecule has 0 aliphatic carbocycles. The highest BCUT2D eigenvalue weighted by Gasteiger charge is 2.21. The van der Waals surface area contributed by atoms with Crippen LogP contribution >= 0.6 is 11.3 Å². The van der Waals surface area contributed by atoms with Crippen molar-refractivity contribution in [3.8, 4) is 0 Å². The van der Waals surface area contributed by atoms with Crippen molar-refractivity contribution >= 4 is 27.5 Å². The van der Waals surface area contributed by atoms with Gasteiger partial charge in [-0.25, -0.2) is 9.78 Å². The summed E-state index contributed by atoms with van der Waals surface area (Å²) in [4.78, 5) is 33.5. The van der Waals surface area contributed by atoms with E-state index in [-0.39, 0.29) is 5.56 Å². The molecule has 3 rings (SSSR count). The molecule has 0 aliphatic heterocycles. The molecule has 3 aromatic heterocycles. The van der Waals surface area contributed by atoms with Crippen LogP contribution in [0.15, 0.2) is 11.0 Å². The van der Waals surface area contributed by atoms with Crippen LogP contribution in [0.25, 0.3) is 10.2 Å². The Balaban J connectivity index is 1.90. The second-order valence-corrected chi connectivity index (χ2v) is 6.78. The Kier molecular flexibility index (Phi) is 4.23. The number of aryl methyl sites for hydroxylation is 3. The van der Waals surface area contributed by atoms with Gasteiger partial charge in [-0.05, 0) is 32.8 Å². The molecule has 0 saturated heterocycles. The van der Waals surface area contributed by atoms with E-state index in [0.29, 0.717) is 33.7 Å². The van der Waals surface area contributed by atoms with E-state index in [9.17, 15) is 9.59 Å². The number of nitrogens with one attached hydrogen (secondary N) is 2. The molecule has 0 amide bonds. The van der Waals surface area contributed by atoms with Crippen molar-refractivity contribution in [1.82, 2.24) is 20.2 Å². The van der Waals surface area contributed by atoms with Crippen molar-refractivity contribution in [3.63, 3.8) is 0 Å². The maximum atomic E-state index is 12.3. The van der Waals surface area contributed by atoms with Gasteiger partial charge in [-0.3, -0.25) is 9.89 Å². The second-order valence-electron chi connectivity index (χ2n) is 5.58. The fraction of sp³-hybridized carbons (Fsp3) is 0.375. The lowest BCUT2D eigenvalue weighted by Crippen LogP contribution is -2.17. The van der Waals surface area contributed by atoms with Crippen molar-refractivity contribution in [2.75, 3.05) is 0 Å². The highest BCUT2D eigenvalue weighted by atomic mass is 32.1. The Bertz CT molecular complexity index is 970. The highest BCUT2D eigenvalue weighted by molar-refractivity contribution is 7.18. The van der Waals surface area contributed by atoms with E-state index in [2.05, 4.69) is 20.2 Å². The molecule has 0 bridgehead atoms. The molecule has 0 aliphatic rings. The first-order chi connectivity index (χ1) is 11.4. The summed E-state index contributed by atoms with van der Waals surface area (Å²) in [5, 5.41) is 7.23. The van der Waals surface area contributed by atoms with Gasteiger partial charge in [0, 0.05) is 10.6 Å². The second kappa shape index (κ2) is 6.20. The molecular formula is C16H18N4O3S. The van der Waals surface area contributed by atoms with Gasteiger partial charge in [0.05, 0.1) is 11.6 Å². The van der Waals surface area contributed by atoms with Crippen molar-refractivity contribution in [3.05, 3.63) is 44.1 Å². The number of nitrogens with zero attached hydrogens (tertiary/aromatic N) is 2. The van der Waals surface area contributed by atoms with Crippen LogP contribution < -0.4 is 5.56 Å². The summed E-state index contributed by atoms with van der Waals surface area (Å²) in [6.07, 6.45) is 1.42. The van der Waals surface area contributed by atoms with Crippen molar-refractivity contribution in [2.45, 2.75) is 40.2 Å². The van der Waals surface area contributed by atoms with Crippen molar-refractivity contribution in [1.29, 1.82) is 0 Å². The number of aromatic amines is 2. The lowest BCUT2D eigenvalue weighted by molar-refractivity contribution is 0.0319. The van der Waals surface area contributed by atoms with Crippen LogP contribution in [0.5, 0.6) is 0 Å². The molecule has 0 spiro atoms. The lowest BCUT2D eigenvalue weighted by atomic mass is 10.2. The molecule has 1 unspecified atom stereocenters. The minimum atomic E-state index is -0.670. The lowest BCUT2D eigenvalue weighted by Gasteiger charge is -2.12. The number of esters is 1. The van der Waals surface area contributed by atoms with E-state index in [1.165, 1.54) is 17.5 Å². The van der Waals surface area contributed by atoms with Gasteiger partial charge < -0.3 is 9.72 Å². The number of hydrogen-bond donors (Lipinski definition) is 2. The van der Waals surface area contributed by atoms with Crippen LogP contribution in [0.1, 0.15) is 52.3 Å². The summed E-state index contributed by atoms with van der Waals surface area (Å²) in [6.45, 7) is 7.46. The molecule has 1 atom stereocenters. The average molecular weight is 346 g/mol. The summed E-state index contributed by atoms with van der Waals surface area (Å²) >= 11 is 1.46. The van der Waals surface area contributed by atoms with Crippen molar-refractivity contribution < 1.29 is 9.53 Å². The monoisotopic (exact) mass is 346 g/mol. The van der Waals surface area contributed by atoms with E-state index in [1.807, 2.05) is 20.8 Å². The molecule has 8 heteroatoms. The Morgan fingerprint density at radius 3 is 2.88 bits per heavy atom. The maximum absolute atomic E-state index is 12.3. The average Bonchev–Trinajstić information content (AvgIpc) is 3.12. The molecular weight excluding hydrogens is 328 g/mol. The molecule has 0 aromatic carbocycles. The number of thiophene rings is 1. The smallest absolute Gasteiger partial charge is 0.342 e. The molecule has 2 N–H and O–H groups in total. The van der Waals surface area contributed by atoms with Gasteiger partial charge in [-0.15, -0.1) is 11.3 Å². The first kappa shape index (κ1) is 16.4. The van der Waals surface area contributed by atoms with Crippen LogP contribution in [0.4, 0.5) is 0 Å². The van der Waals surface area contributed by atoms with Gasteiger partial charge in [0.25, 0.3) is 5.56 Å². The van der Waals surface area contributed by atoms with Crippen LogP contribution in [0, 0.1) is 13.8 Å². The van der Waals surface area contributed by atoms with E-state index >= 15 is 0 Å². The van der Waals surface area contributed by atoms with E-state index in [1.54, 1.807) is 6.92 Å². The van der Waals surface area contributed by atoms with Gasteiger partial charge in [0.15, 0.2) is 11.9 Å². The quantitative estimate of drug-likeness (QED) is 0.708. The summed E-state index contributed by atoms with van der Waals surface area (Å²) < 4.78 is 5.44. The van der Waals surface area contributed by atoms with Crippen LogP contribution in [-0.2, 0) is 11.2 Å². The molecule has 0 saturated carbocycles. The number of rotatable bonds is 4. The summed E-state index contributed by atoms with van der Waals surface area (Å²) in [7, 11) is 0. The van der Waals surface area contributed by atoms with Crippen LogP contribution in [0.2, 0.25) is 0 Å². The normalized spacial score (nSPS) is 12.5. The summed E-state index contributed by atoms with van der Waals surface area (Å²) in [5.41, 5.74) is 1.84. The van der Waals surface area contributed by atoms with E-state index in [4.69, 9.17) is 4.74 Å². The molecule has 126 valence electrons. The third-order valence-electron chi connectivity index (χ3n) is 4.02. The molecule has 3 heterocycles. The van der Waals surface area contributed by atoms with Gasteiger partial charge >= 0.3 is 5.97 Å². The minimum absolute atomic E-state index is 0.211. The zero-order chi connectivity index (χ0) is 17.4. The number of fused-ring (bicyclic) bond motifs is 1. The zero-order valence-electron chi connectivity index (χ0n) is 13.9. The molecule has 0 radical (unpaired) electrons. The molecule has 3 aromatic rings. The van der Waals surface area contributed by atoms with Gasteiger partial charge in [-0.2, -0.15) is 5.10 Å². The van der Waals surface area contributed by atoms with Crippen molar-refractivity contribution in [2.24, 2.45) is 0 Å². The topological polar surface area (TPSA) is 101 Å². The van der Waals surface area contributed by atoms with Gasteiger partial charge in [0.2, 0.25) is 0 Å². The molecule has 24 heavy (non-hydrogen) atoms. The first-order valence-electron chi connectivity index (χ1n) is 7.65. The number of carbonyl (C=O) groups excluding carboxylic acids is 1. The highest BCUT2D eigenvalue weighted by Crippen LogP contribution is 2.27. The van der Waals surface area contributed by atoms with E-state index in [0.717, 1.165) is 10.4 Å². The number of aromatic nitrogens is 4. The Hall–Kier alpha value is -2.48. The summed E-state index contributed by atoms with van der Waals surface area (Å²) in [6, 6.07) is 0. The summed E-state index contributed by atoms with van der Waals surface area (Å²) in [5.74, 6) is -0.155. The predicted molar refractivity (Wildman–Crippen MR) is 91.5 cm³/mol. The van der Waals surface area contributed by atoms with E-state index < -0.39 is 12.1 Å². The minimum Gasteiger partial charge on any atom is -0.451 e. The third kappa shape index (κ3) is 2.73. The van der Waals surface area contributed by atoms with Gasteiger partial charge in [-0.1, -0.05) is 6.92 Å². The zero-order valence-corrected chi connectivity index (χ0v) is 14.7. The number of carbonyl (C=O) groups is 1. The SMILES string of the molecule is CCc1[nH]ncc1C(=O)OC(C)c1nc2sc(C)c(C)c2c(=O)[nH]1. The largest absolute Gasteiger partial charge is 0.451 e. The Morgan fingerprint density at radius 1 is 1.42 bits per heavy atom. The van der Waals surface area contributed by atoms with Crippen LogP contribution in [-0.4, -0.2) is 26.1 Å². The maximum Gasteiger partial charge on any atom is 0.342 e. The first-order valence-corrected chi connectivity index (χ1v) is 8.47. The fourth-order valence-electron chi connectivity index (χ4n) is 2.50. The molecule has 0 fully saturated rings. The Labute approximate surface area is 142 Å². The number of ether oxygens (including phenoxy) is 1. The van der Waals surface area contributed by atoms with Gasteiger partial charge in [0.1, 0.15) is 10.4 Å². The number of hydrogen-bond acceptors (Lipinski definition) is 6. The molecule has 7 nitrogen and oxygen atoms in total. The van der Waals surface area contributed by atoms with Crippen LogP contribution in [0.3, 0.4) is 0 Å². The fourth-order valence-corrected chi connectivity index (χ4v) is 3.54. The third-order valence-corrected chi connectivity index (χ3v) is 5.12. The number of H-pyrrole nitrogens is 2. The predicted octanol–water partition coefficient (Wildman–Crippen LogP) is 2.80. The standard InChI is InChI=1S/C16H18N4O3S/c1-5-11-10(6-17-20-11)16(22)23-8(3)13-18-14(21)12-7(2)9(4)24-15(12)19-13/h6,8H,5H2,1-4H3,(H,17,20)(H,18,19,21).